The average Bonchev–Trinajstić information content (AvgIpc) is 2.74. The largest absolute Gasteiger partial charge is 0.494 e. The van der Waals surface area contributed by atoms with Crippen LogP contribution in [0.4, 0.5) is 0 Å². The highest BCUT2D eigenvalue weighted by Gasteiger charge is 2.51. The molecule has 2 saturated carbocycles. The zero-order chi connectivity index (χ0) is 8.84. The zero-order valence-electron chi connectivity index (χ0n) is 7.86. The Morgan fingerprint density at radius 3 is 2.92 bits per heavy atom. The summed E-state index contributed by atoms with van der Waals surface area (Å²) >= 11 is 0. The van der Waals surface area contributed by atoms with Gasteiger partial charge < -0.3 is 4.74 Å². The van der Waals surface area contributed by atoms with Crippen LogP contribution in [0, 0.1) is 23.7 Å². The lowest BCUT2D eigenvalue weighted by Gasteiger charge is -2.28. The van der Waals surface area contributed by atoms with E-state index in [1.807, 2.05) is 0 Å². The lowest BCUT2D eigenvalue weighted by Crippen LogP contribution is -2.27. The van der Waals surface area contributed by atoms with Gasteiger partial charge in [-0.3, -0.25) is 0 Å². The minimum Gasteiger partial charge on any atom is -0.494 e. The van der Waals surface area contributed by atoms with Gasteiger partial charge in [0.15, 0.2) is 0 Å². The SMILES string of the molecule is C=CO[C@H]1C=C[C@H]2[C@H]3CC[C@H](C3)[C@H]21. The van der Waals surface area contributed by atoms with Crippen LogP contribution >= 0.6 is 0 Å². The van der Waals surface area contributed by atoms with Gasteiger partial charge in [0.05, 0.1) is 6.26 Å². The molecule has 0 aromatic rings. The molecule has 0 aromatic heterocycles. The Morgan fingerprint density at radius 2 is 2.08 bits per heavy atom. The van der Waals surface area contributed by atoms with Crippen molar-refractivity contribution in [3.63, 3.8) is 0 Å². The molecule has 3 aliphatic rings. The number of rotatable bonds is 2. The smallest absolute Gasteiger partial charge is 0.120 e. The fourth-order valence-electron chi connectivity index (χ4n) is 3.77. The van der Waals surface area contributed by atoms with Crippen LogP contribution in [-0.2, 0) is 4.74 Å². The van der Waals surface area contributed by atoms with E-state index in [4.69, 9.17) is 4.74 Å². The van der Waals surface area contributed by atoms with Gasteiger partial charge in [-0.1, -0.05) is 12.7 Å². The third-order valence-corrected chi connectivity index (χ3v) is 4.20. The van der Waals surface area contributed by atoms with Gasteiger partial charge in [0.25, 0.3) is 0 Å². The maximum atomic E-state index is 5.55. The quantitative estimate of drug-likeness (QED) is 0.464. The summed E-state index contributed by atoms with van der Waals surface area (Å²) in [7, 11) is 0. The number of allylic oxidation sites excluding steroid dienone is 1. The Bertz CT molecular complexity index is 256. The summed E-state index contributed by atoms with van der Waals surface area (Å²) in [6.07, 6.45) is 10.9. The normalized spacial score (nSPS) is 50.9. The van der Waals surface area contributed by atoms with Crippen LogP contribution in [0.3, 0.4) is 0 Å². The minimum absolute atomic E-state index is 0.345. The molecule has 0 N–H and O–H groups in total. The number of ether oxygens (including phenoxy) is 1. The van der Waals surface area contributed by atoms with Crippen LogP contribution in [0.1, 0.15) is 19.3 Å². The van der Waals surface area contributed by atoms with Gasteiger partial charge in [-0.05, 0) is 43.1 Å². The monoisotopic (exact) mass is 176 g/mol. The summed E-state index contributed by atoms with van der Waals surface area (Å²) in [5, 5.41) is 0. The number of hydrogen-bond acceptors (Lipinski definition) is 1. The summed E-state index contributed by atoms with van der Waals surface area (Å²) in [6, 6.07) is 0. The maximum absolute atomic E-state index is 5.55. The molecule has 0 saturated heterocycles. The Morgan fingerprint density at radius 1 is 1.23 bits per heavy atom. The van der Waals surface area contributed by atoms with Gasteiger partial charge >= 0.3 is 0 Å². The van der Waals surface area contributed by atoms with Gasteiger partial charge in [-0.15, -0.1) is 0 Å². The van der Waals surface area contributed by atoms with E-state index in [-0.39, 0.29) is 0 Å². The molecular weight excluding hydrogens is 160 g/mol. The molecule has 3 aliphatic carbocycles. The highest BCUT2D eigenvalue weighted by atomic mass is 16.5. The van der Waals surface area contributed by atoms with Crippen molar-refractivity contribution in [2.24, 2.45) is 23.7 Å². The Labute approximate surface area is 79.5 Å². The topological polar surface area (TPSA) is 9.23 Å². The standard InChI is InChI=1S/C12H16O/c1-2-13-11-6-5-10-8-3-4-9(7-8)12(10)11/h2,5-6,8-12H,1,3-4,7H2/t8-,9+,10-,11-,12+/m0/s1. The first-order chi connectivity index (χ1) is 6.40. The van der Waals surface area contributed by atoms with Crippen molar-refractivity contribution in [2.75, 3.05) is 0 Å². The third kappa shape index (κ3) is 0.932. The van der Waals surface area contributed by atoms with E-state index >= 15 is 0 Å². The molecule has 0 spiro atoms. The van der Waals surface area contributed by atoms with E-state index in [1.165, 1.54) is 19.3 Å². The van der Waals surface area contributed by atoms with Gasteiger partial charge in [-0.25, -0.2) is 0 Å². The molecule has 0 radical (unpaired) electrons. The molecule has 70 valence electrons. The van der Waals surface area contributed by atoms with Crippen molar-refractivity contribution in [3.8, 4) is 0 Å². The lowest BCUT2D eigenvalue weighted by atomic mass is 9.80. The second-order valence-corrected chi connectivity index (χ2v) is 4.64. The molecular formula is C12H16O. The minimum atomic E-state index is 0.345. The van der Waals surface area contributed by atoms with E-state index in [1.54, 1.807) is 6.26 Å². The van der Waals surface area contributed by atoms with E-state index in [0.717, 1.165) is 23.7 Å². The Kier molecular flexibility index (Phi) is 1.55. The lowest BCUT2D eigenvalue weighted by molar-refractivity contribution is 0.0882. The van der Waals surface area contributed by atoms with Crippen molar-refractivity contribution in [3.05, 3.63) is 25.0 Å². The van der Waals surface area contributed by atoms with Crippen molar-refractivity contribution >= 4 is 0 Å². The third-order valence-electron chi connectivity index (χ3n) is 4.20. The van der Waals surface area contributed by atoms with Crippen LogP contribution in [0.2, 0.25) is 0 Å². The van der Waals surface area contributed by atoms with E-state index in [9.17, 15) is 0 Å². The first-order valence-electron chi connectivity index (χ1n) is 5.35. The summed E-state index contributed by atoms with van der Waals surface area (Å²) in [4.78, 5) is 0. The molecule has 2 bridgehead atoms. The van der Waals surface area contributed by atoms with Crippen LogP contribution < -0.4 is 0 Å². The average molecular weight is 176 g/mol. The molecule has 0 amide bonds. The molecule has 2 fully saturated rings. The van der Waals surface area contributed by atoms with Crippen molar-refractivity contribution in [2.45, 2.75) is 25.4 Å². The number of hydrogen-bond donors (Lipinski definition) is 0. The van der Waals surface area contributed by atoms with Crippen LogP contribution in [0.25, 0.3) is 0 Å². The van der Waals surface area contributed by atoms with E-state index in [2.05, 4.69) is 18.7 Å². The predicted molar refractivity (Wildman–Crippen MR) is 52.0 cm³/mol. The molecule has 3 rings (SSSR count). The van der Waals surface area contributed by atoms with Crippen molar-refractivity contribution in [1.29, 1.82) is 0 Å². The van der Waals surface area contributed by atoms with E-state index in [0.29, 0.717) is 6.10 Å². The summed E-state index contributed by atoms with van der Waals surface area (Å²) < 4.78 is 5.55. The molecule has 1 nitrogen and oxygen atoms in total. The molecule has 0 unspecified atom stereocenters. The summed E-state index contributed by atoms with van der Waals surface area (Å²) in [5.41, 5.74) is 0. The van der Waals surface area contributed by atoms with Crippen molar-refractivity contribution < 1.29 is 4.74 Å². The molecule has 13 heavy (non-hydrogen) atoms. The second-order valence-electron chi connectivity index (χ2n) is 4.64. The van der Waals surface area contributed by atoms with E-state index < -0.39 is 0 Å². The fourth-order valence-corrected chi connectivity index (χ4v) is 3.77. The first-order valence-corrected chi connectivity index (χ1v) is 5.35. The number of fused-ring (bicyclic) bond motifs is 5. The van der Waals surface area contributed by atoms with Crippen LogP contribution in [0.5, 0.6) is 0 Å². The van der Waals surface area contributed by atoms with Gasteiger partial charge in [-0.2, -0.15) is 0 Å². The first kappa shape index (κ1) is 7.66. The highest BCUT2D eigenvalue weighted by molar-refractivity contribution is 5.17. The fraction of sp³-hybridized carbons (Fsp3) is 0.667. The highest BCUT2D eigenvalue weighted by Crippen LogP contribution is 2.56. The van der Waals surface area contributed by atoms with Crippen LogP contribution in [-0.4, -0.2) is 6.10 Å². The van der Waals surface area contributed by atoms with Crippen molar-refractivity contribution in [1.82, 2.24) is 0 Å². The molecule has 5 atom stereocenters. The summed E-state index contributed by atoms with van der Waals surface area (Å²) in [6.45, 7) is 3.64. The molecule has 1 heteroatoms. The second kappa shape index (κ2) is 2.63. The molecule has 0 heterocycles. The zero-order valence-corrected chi connectivity index (χ0v) is 7.86. The summed E-state index contributed by atoms with van der Waals surface area (Å²) in [5.74, 6) is 3.54. The Hall–Kier alpha value is -0.720. The van der Waals surface area contributed by atoms with Gasteiger partial charge in [0, 0.05) is 5.92 Å². The van der Waals surface area contributed by atoms with Gasteiger partial charge in [0.2, 0.25) is 0 Å². The van der Waals surface area contributed by atoms with Gasteiger partial charge in [0.1, 0.15) is 6.10 Å². The molecule has 0 aliphatic heterocycles. The predicted octanol–water partition coefficient (Wildman–Crippen LogP) is 2.75. The molecule has 0 aromatic carbocycles. The Balaban J connectivity index is 1.83. The van der Waals surface area contributed by atoms with Crippen LogP contribution in [0.15, 0.2) is 25.0 Å². The maximum Gasteiger partial charge on any atom is 0.120 e.